The minimum Gasteiger partial charge on any atom is -0.458 e. The van der Waals surface area contributed by atoms with Crippen LogP contribution < -0.4 is 0 Å². The molecule has 0 aliphatic rings. The number of furan rings is 1. The lowest BCUT2D eigenvalue weighted by Gasteiger charge is -1.97. The highest BCUT2D eigenvalue weighted by atomic mass is 16.3. The molecule has 0 aromatic carbocycles. The predicted octanol–water partition coefficient (Wildman–Crippen LogP) is 2.66. The molecule has 0 fully saturated rings. The zero-order valence-corrected chi connectivity index (χ0v) is 9.14. The zero-order valence-electron chi connectivity index (χ0n) is 9.14. The summed E-state index contributed by atoms with van der Waals surface area (Å²) in [5.41, 5.74) is 0.905. The van der Waals surface area contributed by atoms with Gasteiger partial charge in [-0.25, -0.2) is 0 Å². The van der Waals surface area contributed by atoms with Crippen molar-refractivity contribution < 1.29 is 9.21 Å². The Hall–Kier alpha value is -1.90. The third-order valence-electron chi connectivity index (χ3n) is 2.37. The van der Waals surface area contributed by atoms with E-state index < -0.39 is 0 Å². The number of nitrogens with zero attached hydrogens (tertiary/aromatic N) is 1. The second-order valence-corrected chi connectivity index (χ2v) is 3.58. The third-order valence-corrected chi connectivity index (χ3v) is 2.37. The Morgan fingerprint density at radius 3 is 2.88 bits per heavy atom. The first-order chi connectivity index (χ1) is 7.79. The Morgan fingerprint density at radius 1 is 1.38 bits per heavy atom. The molecule has 3 nitrogen and oxygen atoms in total. The number of hydrogen-bond acceptors (Lipinski definition) is 3. The highest BCUT2D eigenvalue weighted by molar-refractivity contribution is 5.94. The van der Waals surface area contributed by atoms with Gasteiger partial charge in [0.1, 0.15) is 5.76 Å². The summed E-state index contributed by atoms with van der Waals surface area (Å²) in [4.78, 5) is 15.8. The molecule has 2 aromatic heterocycles. The number of carbonyl (C=O) groups is 1. The molecule has 0 spiro atoms. The Kier molecular flexibility index (Phi) is 3.15. The Labute approximate surface area is 94.1 Å². The summed E-state index contributed by atoms with van der Waals surface area (Å²) in [6.45, 7) is 1.99. The van der Waals surface area contributed by atoms with Crippen molar-refractivity contribution in [2.75, 3.05) is 0 Å². The maximum Gasteiger partial charge on any atom is 0.202 e. The number of aryl methyl sites for hydroxylation is 1. The monoisotopic (exact) mass is 215 g/mol. The summed E-state index contributed by atoms with van der Waals surface area (Å²) in [5, 5.41) is 0. The van der Waals surface area contributed by atoms with Gasteiger partial charge in [0.2, 0.25) is 5.78 Å². The van der Waals surface area contributed by atoms with Gasteiger partial charge in [-0.05, 0) is 23.8 Å². The molecule has 0 saturated carbocycles. The molecule has 0 N–H and O–H groups in total. The molecule has 3 heteroatoms. The molecule has 0 atom stereocenters. The maximum atomic E-state index is 11.8. The molecular formula is C13H13NO2. The second-order valence-electron chi connectivity index (χ2n) is 3.58. The van der Waals surface area contributed by atoms with Crippen LogP contribution in [0.25, 0.3) is 0 Å². The summed E-state index contributed by atoms with van der Waals surface area (Å²) in [5.74, 6) is 1.27. The van der Waals surface area contributed by atoms with Gasteiger partial charge in [-0.3, -0.25) is 9.78 Å². The SMILES string of the molecule is CCc1ccc(C(=O)Cc2cccnc2)o1. The van der Waals surface area contributed by atoms with Crippen molar-refractivity contribution in [3.05, 3.63) is 53.7 Å². The van der Waals surface area contributed by atoms with Gasteiger partial charge in [0.05, 0.1) is 0 Å². The van der Waals surface area contributed by atoms with Crippen LogP contribution in [0.2, 0.25) is 0 Å². The lowest BCUT2D eigenvalue weighted by atomic mass is 10.1. The van der Waals surface area contributed by atoms with Crippen molar-refractivity contribution in [1.29, 1.82) is 0 Å². The molecule has 0 bridgehead atoms. The molecule has 0 aliphatic heterocycles. The van der Waals surface area contributed by atoms with E-state index in [0.29, 0.717) is 12.2 Å². The highest BCUT2D eigenvalue weighted by Gasteiger charge is 2.11. The van der Waals surface area contributed by atoms with Gasteiger partial charge in [-0.2, -0.15) is 0 Å². The molecule has 2 rings (SSSR count). The normalized spacial score (nSPS) is 10.3. The minimum absolute atomic E-state index is 0.00676. The number of carbonyl (C=O) groups excluding carboxylic acids is 1. The average Bonchev–Trinajstić information content (AvgIpc) is 2.79. The van der Waals surface area contributed by atoms with Crippen LogP contribution in [0, 0.1) is 0 Å². The Balaban J connectivity index is 2.09. The fourth-order valence-electron chi connectivity index (χ4n) is 1.49. The first kappa shape index (κ1) is 10.6. The molecule has 0 saturated heterocycles. The fourth-order valence-corrected chi connectivity index (χ4v) is 1.49. The van der Waals surface area contributed by atoms with Crippen LogP contribution in [-0.2, 0) is 12.8 Å². The molecular weight excluding hydrogens is 202 g/mol. The zero-order chi connectivity index (χ0) is 11.4. The molecule has 16 heavy (non-hydrogen) atoms. The lowest BCUT2D eigenvalue weighted by molar-refractivity contribution is 0.0964. The van der Waals surface area contributed by atoms with Crippen LogP contribution in [0.5, 0.6) is 0 Å². The van der Waals surface area contributed by atoms with Gasteiger partial charge in [0, 0.05) is 25.2 Å². The van der Waals surface area contributed by atoms with Crippen molar-refractivity contribution in [2.45, 2.75) is 19.8 Å². The van der Waals surface area contributed by atoms with E-state index in [9.17, 15) is 4.79 Å². The second kappa shape index (κ2) is 4.75. The topological polar surface area (TPSA) is 43.1 Å². The summed E-state index contributed by atoms with van der Waals surface area (Å²) in [7, 11) is 0. The van der Waals surface area contributed by atoms with Crippen molar-refractivity contribution >= 4 is 5.78 Å². The number of hydrogen-bond donors (Lipinski definition) is 0. The number of rotatable bonds is 4. The van der Waals surface area contributed by atoms with Crippen LogP contribution in [0.15, 0.2) is 41.1 Å². The molecule has 0 amide bonds. The van der Waals surface area contributed by atoms with Crippen molar-refractivity contribution in [3.8, 4) is 0 Å². The van der Waals surface area contributed by atoms with Gasteiger partial charge >= 0.3 is 0 Å². The highest BCUT2D eigenvalue weighted by Crippen LogP contribution is 2.11. The summed E-state index contributed by atoms with van der Waals surface area (Å²) >= 11 is 0. The number of ketones is 1. The van der Waals surface area contributed by atoms with E-state index in [1.807, 2.05) is 25.1 Å². The van der Waals surface area contributed by atoms with E-state index in [0.717, 1.165) is 17.7 Å². The van der Waals surface area contributed by atoms with Crippen LogP contribution in [0.1, 0.15) is 28.8 Å². The van der Waals surface area contributed by atoms with Gasteiger partial charge in [-0.15, -0.1) is 0 Å². The van der Waals surface area contributed by atoms with E-state index >= 15 is 0 Å². The number of Topliss-reactive ketones (excluding diaryl/α,β-unsaturated/α-hetero) is 1. The van der Waals surface area contributed by atoms with Crippen LogP contribution in [0.3, 0.4) is 0 Å². The lowest BCUT2D eigenvalue weighted by Crippen LogP contribution is -2.02. The van der Waals surface area contributed by atoms with Gasteiger partial charge in [0.25, 0.3) is 0 Å². The summed E-state index contributed by atoms with van der Waals surface area (Å²) in [6.07, 6.45) is 4.53. The Morgan fingerprint density at radius 2 is 2.25 bits per heavy atom. The van der Waals surface area contributed by atoms with E-state index in [4.69, 9.17) is 4.42 Å². The molecule has 0 aliphatic carbocycles. The summed E-state index contributed by atoms with van der Waals surface area (Å²) < 4.78 is 5.40. The van der Waals surface area contributed by atoms with Crippen molar-refractivity contribution in [3.63, 3.8) is 0 Å². The van der Waals surface area contributed by atoms with E-state index in [1.165, 1.54) is 0 Å². The quantitative estimate of drug-likeness (QED) is 0.736. The van der Waals surface area contributed by atoms with E-state index in [2.05, 4.69) is 4.98 Å². The average molecular weight is 215 g/mol. The first-order valence-corrected chi connectivity index (χ1v) is 5.30. The van der Waals surface area contributed by atoms with Gasteiger partial charge < -0.3 is 4.42 Å². The van der Waals surface area contributed by atoms with Crippen LogP contribution in [0.4, 0.5) is 0 Å². The number of aromatic nitrogens is 1. The Bertz CT molecular complexity index is 474. The largest absolute Gasteiger partial charge is 0.458 e. The first-order valence-electron chi connectivity index (χ1n) is 5.30. The molecule has 2 heterocycles. The fraction of sp³-hybridized carbons (Fsp3) is 0.231. The summed E-state index contributed by atoms with van der Waals surface area (Å²) in [6, 6.07) is 7.28. The van der Waals surface area contributed by atoms with Crippen LogP contribution >= 0.6 is 0 Å². The van der Waals surface area contributed by atoms with Crippen LogP contribution in [-0.4, -0.2) is 10.8 Å². The smallest absolute Gasteiger partial charge is 0.202 e. The molecule has 82 valence electrons. The third kappa shape index (κ3) is 2.37. The van der Waals surface area contributed by atoms with E-state index in [-0.39, 0.29) is 5.78 Å². The number of pyridine rings is 1. The standard InChI is InChI=1S/C13H13NO2/c1-2-11-5-6-13(16-11)12(15)8-10-4-3-7-14-9-10/h3-7,9H,2,8H2,1H3. The predicted molar refractivity (Wildman–Crippen MR) is 60.4 cm³/mol. The van der Waals surface area contributed by atoms with Crippen molar-refractivity contribution in [2.24, 2.45) is 0 Å². The maximum absolute atomic E-state index is 11.8. The molecule has 2 aromatic rings. The van der Waals surface area contributed by atoms with Crippen molar-refractivity contribution in [1.82, 2.24) is 4.98 Å². The van der Waals surface area contributed by atoms with Gasteiger partial charge in [0.15, 0.2) is 5.76 Å². The molecule has 0 radical (unpaired) electrons. The van der Waals surface area contributed by atoms with E-state index in [1.54, 1.807) is 18.5 Å². The van der Waals surface area contributed by atoms with Gasteiger partial charge in [-0.1, -0.05) is 13.0 Å². The minimum atomic E-state index is -0.00676. The molecule has 0 unspecified atom stereocenters.